The van der Waals surface area contributed by atoms with Gasteiger partial charge in [0.05, 0.1) is 10.6 Å². The maximum Gasteiger partial charge on any atom is 0.212 e. The molecule has 0 radical (unpaired) electrons. The summed E-state index contributed by atoms with van der Waals surface area (Å²) in [6.07, 6.45) is 3.21. The topological polar surface area (TPSA) is 63.2 Å². The van der Waals surface area contributed by atoms with Gasteiger partial charge in [-0.05, 0) is 24.2 Å². The van der Waals surface area contributed by atoms with Gasteiger partial charge >= 0.3 is 0 Å². The Labute approximate surface area is 123 Å². The second-order valence-corrected chi connectivity index (χ2v) is 8.85. The number of hydrogen-bond donors (Lipinski definition) is 1. The van der Waals surface area contributed by atoms with Crippen molar-refractivity contribution in [2.45, 2.75) is 31.5 Å². The van der Waals surface area contributed by atoms with Crippen LogP contribution in [0.25, 0.3) is 0 Å². The van der Waals surface area contributed by atoms with Crippen molar-refractivity contribution in [3.8, 4) is 0 Å². The standard InChI is InChI=1S/C13H20BrNO3S/c1-4-7-15-19(17,18)8-13(3)9-5-6-12(13,2)11(16)10(9)14/h4,9-10,15H,1,5-8H2,2-3H3/t9-,10+,12+,13+/m1/s1. The molecule has 6 heteroatoms. The van der Waals surface area contributed by atoms with E-state index in [1.54, 1.807) is 0 Å². The van der Waals surface area contributed by atoms with E-state index in [4.69, 9.17) is 0 Å². The van der Waals surface area contributed by atoms with Crippen LogP contribution in [0.2, 0.25) is 0 Å². The van der Waals surface area contributed by atoms with Crippen molar-refractivity contribution in [2.24, 2.45) is 16.7 Å². The van der Waals surface area contributed by atoms with Crippen LogP contribution >= 0.6 is 15.9 Å². The van der Waals surface area contributed by atoms with E-state index in [-0.39, 0.29) is 28.8 Å². The van der Waals surface area contributed by atoms with Crippen molar-refractivity contribution in [3.63, 3.8) is 0 Å². The molecule has 0 aromatic rings. The number of carbonyl (C=O) groups is 1. The Hall–Kier alpha value is -0.200. The molecule has 0 aromatic carbocycles. The minimum atomic E-state index is -3.39. The van der Waals surface area contributed by atoms with Crippen LogP contribution in [0.5, 0.6) is 0 Å². The number of carbonyl (C=O) groups excluding carboxylic acids is 1. The normalized spacial score (nSPS) is 41.7. The van der Waals surface area contributed by atoms with E-state index < -0.39 is 20.9 Å². The van der Waals surface area contributed by atoms with E-state index in [1.165, 1.54) is 6.08 Å². The number of Topliss-reactive ketones (excluding diaryl/α,β-unsaturated/α-hetero) is 1. The molecule has 1 N–H and O–H groups in total. The minimum Gasteiger partial charge on any atom is -0.298 e. The van der Waals surface area contributed by atoms with Gasteiger partial charge in [-0.15, -0.1) is 6.58 Å². The molecule has 19 heavy (non-hydrogen) atoms. The Morgan fingerprint density at radius 1 is 1.53 bits per heavy atom. The maximum absolute atomic E-state index is 12.3. The fourth-order valence-corrected chi connectivity index (χ4v) is 6.87. The number of ketones is 1. The number of nitrogens with one attached hydrogen (secondary N) is 1. The summed E-state index contributed by atoms with van der Waals surface area (Å²) in [6.45, 7) is 7.59. The number of alkyl halides is 1. The summed E-state index contributed by atoms with van der Waals surface area (Å²) >= 11 is 3.45. The molecule has 4 atom stereocenters. The lowest BCUT2D eigenvalue weighted by Gasteiger charge is -2.36. The highest BCUT2D eigenvalue weighted by molar-refractivity contribution is 9.10. The van der Waals surface area contributed by atoms with Crippen LogP contribution in [-0.2, 0) is 14.8 Å². The molecule has 108 valence electrons. The Bertz CT molecular complexity index is 518. The van der Waals surface area contributed by atoms with Crippen LogP contribution in [-0.4, -0.2) is 31.3 Å². The first kappa shape index (κ1) is 15.2. The highest BCUT2D eigenvalue weighted by Gasteiger charge is 2.68. The second-order valence-electron chi connectivity index (χ2n) is 6.06. The third kappa shape index (κ3) is 2.12. The van der Waals surface area contributed by atoms with Crippen LogP contribution in [0, 0.1) is 16.7 Å². The minimum absolute atomic E-state index is 0.00282. The summed E-state index contributed by atoms with van der Waals surface area (Å²) < 4.78 is 26.8. The molecular formula is C13H20BrNO3S. The van der Waals surface area contributed by atoms with Crippen molar-refractivity contribution in [1.82, 2.24) is 4.72 Å². The fourth-order valence-electron chi connectivity index (χ4n) is 3.72. The number of sulfonamides is 1. The smallest absolute Gasteiger partial charge is 0.212 e. The molecule has 4 nitrogen and oxygen atoms in total. The van der Waals surface area contributed by atoms with E-state index in [9.17, 15) is 13.2 Å². The average molecular weight is 350 g/mol. The van der Waals surface area contributed by atoms with Crippen LogP contribution < -0.4 is 4.72 Å². The molecule has 0 aliphatic heterocycles. The van der Waals surface area contributed by atoms with Gasteiger partial charge in [0.2, 0.25) is 10.0 Å². The molecule has 2 saturated carbocycles. The van der Waals surface area contributed by atoms with Gasteiger partial charge in [-0.1, -0.05) is 35.9 Å². The monoisotopic (exact) mass is 349 g/mol. The molecule has 0 spiro atoms. The van der Waals surface area contributed by atoms with Gasteiger partial charge < -0.3 is 0 Å². The lowest BCUT2D eigenvalue weighted by Crippen LogP contribution is -2.43. The molecule has 2 bridgehead atoms. The molecule has 0 aromatic heterocycles. The highest BCUT2D eigenvalue weighted by atomic mass is 79.9. The third-order valence-electron chi connectivity index (χ3n) is 5.12. The Kier molecular flexibility index (Phi) is 3.73. The summed E-state index contributed by atoms with van der Waals surface area (Å²) in [4.78, 5) is 12.1. The van der Waals surface area contributed by atoms with E-state index in [0.717, 1.165) is 12.8 Å². The Morgan fingerprint density at radius 3 is 2.63 bits per heavy atom. The van der Waals surface area contributed by atoms with Gasteiger partial charge in [-0.3, -0.25) is 4.79 Å². The van der Waals surface area contributed by atoms with Crippen molar-refractivity contribution in [1.29, 1.82) is 0 Å². The van der Waals surface area contributed by atoms with Crippen molar-refractivity contribution < 1.29 is 13.2 Å². The molecule has 0 amide bonds. The quantitative estimate of drug-likeness (QED) is 0.608. The van der Waals surface area contributed by atoms with Crippen molar-refractivity contribution in [2.75, 3.05) is 12.3 Å². The molecule has 2 rings (SSSR count). The first-order valence-corrected chi connectivity index (χ1v) is 9.01. The molecule has 2 aliphatic rings. The van der Waals surface area contributed by atoms with Crippen molar-refractivity contribution in [3.05, 3.63) is 12.7 Å². The Balaban J connectivity index is 2.29. The zero-order valence-corrected chi connectivity index (χ0v) is 13.7. The maximum atomic E-state index is 12.3. The number of halogens is 1. The van der Waals surface area contributed by atoms with Gasteiger partial charge in [0, 0.05) is 12.0 Å². The lowest BCUT2D eigenvalue weighted by atomic mass is 9.70. The number of fused-ring (bicyclic) bond motifs is 2. The van der Waals surface area contributed by atoms with Crippen LogP contribution in [0.1, 0.15) is 26.7 Å². The molecule has 0 unspecified atom stereocenters. The number of rotatable bonds is 5. The van der Waals surface area contributed by atoms with Gasteiger partial charge in [0.1, 0.15) is 0 Å². The third-order valence-corrected chi connectivity index (χ3v) is 7.76. The molecule has 2 fully saturated rings. The Morgan fingerprint density at radius 2 is 2.16 bits per heavy atom. The SMILES string of the molecule is C=CCNS(=O)(=O)C[C@@]1(C)[C@@H]2CC[C@@]1(C)C(=O)[C@H]2Br. The predicted octanol–water partition coefficient (Wildman–Crippen LogP) is 1.86. The zero-order chi connectivity index (χ0) is 14.5. The largest absolute Gasteiger partial charge is 0.298 e. The molecule has 0 saturated heterocycles. The number of hydrogen-bond acceptors (Lipinski definition) is 3. The first-order chi connectivity index (χ1) is 8.68. The van der Waals surface area contributed by atoms with E-state index in [0.29, 0.717) is 0 Å². The van der Waals surface area contributed by atoms with Gasteiger partial charge in [0.25, 0.3) is 0 Å². The highest BCUT2D eigenvalue weighted by Crippen LogP contribution is 2.65. The van der Waals surface area contributed by atoms with Gasteiger partial charge in [-0.2, -0.15) is 0 Å². The summed E-state index contributed by atoms with van der Waals surface area (Å²) in [7, 11) is -3.39. The molecule has 0 heterocycles. The fraction of sp³-hybridized carbons (Fsp3) is 0.769. The van der Waals surface area contributed by atoms with E-state index >= 15 is 0 Å². The predicted molar refractivity (Wildman–Crippen MR) is 78.6 cm³/mol. The average Bonchev–Trinajstić information content (AvgIpc) is 2.63. The summed E-state index contributed by atoms with van der Waals surface area (Å²) in [5.41, 5.74) is -1.03. The van der Waals surface area contributed by atoms with Gasteiger partial charge in [0.15, 0.2) is 5.78 Å². The van der Waals surface area contributed by atoms with Crippen molar-refractivity contribution >= 4 is 31.7 Å². The lowest BCUT2D eigenvalue weighted by molar-refractivity contribution is -0.127. The van der Waals surface area contributed by atoms with E-state index in [1.807, 2.05) is 13.8 Å². The molecule has 2 aliphatic carbocycles. The van der Waals surface area contributed by atoms with Gasteiger partial charge in [-0.25, -0.2) is 13.1 Å². The summed E-state index contributed by atoms with van der Waals surface area (Å²) in [5.74, 6) is 0.263. The van der Waals surface area contributed by atoms with Crippen LogP contribution in [0.15, 0.2) is 12.7 Å². The summed E-state index contributed by atoms with van der Waals surface area (Å²) in [5, 5.41) is 0. The second kappa shape index (κ2) is 4.67. The van der Waals surface area contributed by atoms with E-state index in [2.05, 4.69) is 27.2 Å². The zero-order valence-electron chi connectivity index (χ0n) is 11.3. The summed E-state index contributed by atoms with van der Waals surface area (Å²) in [6, 6.07) is 0. The van der Waals surface area contributed by atoms with Crippen LogP contribution in [0.3, 0.4) is 0 Å². The van der Waals surface area contributed by atoms with Crippen LogP contribution in [0.4, 0.5) is 0 Å². The molecular weight excluding hydrogens is 330 g/mol. The first-order valence-electron chi connectivity index (χ1n) is 6.44.